The van der Waals surface area contributed by atoms with Crippen LogP contribution >= 0.6 is 0 Å². The van der Waals surface area contributed by atoms with E-state index >= 15 is 0 Å². The van der Waals surface area contributed by atoms with Crippen LogP contribution in [-0.2, 0) is 0 Å². The van der Waals surface area contributed by atoms with Crippen LogP contribution in [0, 0.1) is 0 Å². The highest BCUT2D eigenvalue weighted by Gasteiger charge is 2.28. The van der Waals surface area contributed by atoms with E-state index in [0.29, 0.717) is 32.7 Å². The first-order chi connectivity index (χ1) is 10.6. The molecule has 0 aliphatic carbocycles. The van der Waals surface area contributed by atoms with Crippen LogP contribution in [0.4, 0.5) is 9.59 Å². The number of hydrogen-bond acceptors (Lipinski definition) is 5. The summed E-state index contributed by atoms with van der Waals surface area (Å²) in [6.07, 6.45) is 4.28. The Morgan fingerprint density at radius 2 is 1.82 bits per heavy atom. The van der Waals surface area contributed by atoms with E-state index in [1.165, 1.54) is 4.90 Å². The van der Waals surface area contributed by atoms with E-state index < -0.39 is 6.09 Å². The van der Waals surface area contributed by atoms with Crippen molar-refractivity contribution in [2.75, 3.05) is 32.7 Å². The lowest BCUT2D eigenvalue weighted by molar-refractivity contribution is 0.0818. The summed E-state index contributed by atoms with van der Waals surface area (Å²) >= 11 is 0. The Balaban J connectivity index is 1.88. The zero-order valence-electron chi connectivity index (χ0n) is 12.8. The molecule has 1 fully saturated rings. The van der Waals surface area contributed by atoms with Crippen LogP contribution in [0.1, 0.15) is 19.8 Å². The lowest BCUT2D eigenvalue weighted by Gasteiger charge is -2.37. The lowest BCUT2D eigenvalue weighted by atomic mass is 10.3. The van der Waals surface area contributed by atoms with Gasteiger partial charge in [0.25, 0.3) is 0 Å². The summed E-state index contributed by atoms with van der Waals surface area (Å²) in [5.41, 5.74) is 3.11. The topological polar surface area (TPSA) is 100 Å². The maximum absolute atomic E-state index is 12.6. The van der Waals surface area contributed by atoms with Gasteiger partial charge in [-0.15, -0.1) is 0 Å². The zero-order chi connectivity index (χ0) is 15.9. The number of urea groups is 1. The Labute approximate surface area is 129 Å². The number of nitrogens with zero attached hydrogens (tertiary/aromatic N) is 3. The molecule has 2 aliphatic heterocycles. The van der Waals surface area contributed by atoms with E-state index in [1.807, 2.05) is 0 Å². The van der Waals surface area contributed by atoms with Crippen LogP contribution in [0.2, 0.25) is 0 Å². The average molecular weight is 312 g/mol. The van der Waals surface area contributed by atoms with E-state index in [-0.39, 0.29) is 12.3 Å². The van der Waals surface area contributed by atoms with E-state index in [0.717, 1.165) is 12.8 Å². The first-order valence-corrected chi connectivity index (χ1v) is 7.59. The summed E-state index contributed by atoms with van der Waals surface area (Å²) in [4.78, 5) is 26.5. The van der Waals surface area contributed by atoms with E-state index in [1.54, 1.807) is 22.3 Å². The predicted molar refractivity (Wildman–Crippen MR) is 80.5 cm³/mol. The van der Waals surface area contributed by atoms with Crippen LogP contribution in [0.25, 0.3) is 0 Å². The van der Waals surface area contributed by atoms with E-state index in [2.05, 4.69) is 23.0 Å². The van der Waals surface area contributed by atoms with E-state index in [9.17, 15) is 9.59 Å². The standard InChI is InChI=1S/C13H24N6O3/c1-2-3-6-19(16-11-14-4-5-15-11)12(20)17-7-9-18(10-8-17)13(21)22/h4-5,11,14-16H,2-3,6-10H2,1H3,(H,21,22). The van der Waals surface area contributed by atoms with Gasteiger partial charge in [0.2, 0.25) is 0 Å². The maximum Gasteiger partial charge on any atom is 0.407 e. The normalized spacial score (nSPS) is 18.0. The number of unbranched alkanes of at least 4 members (excludes halogenated alkanes) is 1. The summed E-state index contributed by atoms with van der Waals surface area (Å²) < 4.78 is 0. The number of rotatable bonds is 5. The van der Waals surface area contributed by atoms with Crippen LogP contribution in [0.5, 0.6) is 0 Å². The summed E-state index contributed by atoms with van der Waals surface area (Å²) in [6.45, 7) is 4.21. The third kappa shape index (κ3) is 4.17. The molecule has 0 aromatic rings. The van der Waals surface area contributed by atoms with Crippen molar-refractivity contribution in [3.05, 3.63) is 12.4 Å². The number of nitrogens with one attached hydrogen (secondary N) is 3. The third-order valence-corrected chi connectivity index (χ3v) is 3.68. The van der Waals surface area contributed by atoms with Gasteiger partial charge < -0.3 is 25.5 Å². The Morgan fingerprint density at radius 3 is 2.36 bits per heavy atom. The van der Waals surface area contributed by atoms with Crippen LogP contribution < -0.4 is 16.1 Å². The van der Waals surface area contributed by atoms with Crippen LogP contribution in [-0.4, -0.2) is 71.1 Å². The number of hydrogen-bond donors (Lipinski definition) is 4. The SMILES string of the molecule is CCCCN(NC1NC=CN1)C(=O)N1CCN(C(=O)O)CC1. The fraction of sp³-hybridized carbons (Fsp3) is 0.692. The van der Waals surface area contributed by atoms with Crippen molar-refractivity contribution in [3.63, 3.8) is 0 Å². The van der Waals surface area contributed by atoms with Crippen molar-refractivity contribution in [2.24, 2.45) is 0 Å². The highest BCUT2D eigenvalue weighted by Crippen LogP contribution is 2.06. The van der Waals surface area contributed by atoms with Crippen molar-refractivity contribution in [1.29, 1.82) is 0 Å². The molecule has 0 atom stereocenters. The third-order valence-electron chi connectivity index (χ3n) is 3.68. The molecular weight excluding hydrogens is 288 g/mol. The number of amides is 3. The van der Waals surface area contributed by atoms with Gasteiger partial charge in [0.15, 0.2) is 6.29 Å². The summed E-state index contributed by atoms with van der Waals surface area (Å²) in [5.74, 6) is 0. The summed E-state index contributed by atoms with van der Waals surface area (Å²) in [7, 11) is 0. The average Bonchev–Trinajstić information content (AvgIpc) is 3.04. The number of piperazine rings is 1. The van der Waals surface area contributed by atoms with Crippen molar-refractivity contribution in [1.82, 2.24) is 30.9 Å². The predicted octanol–water partition coefficient (Wildman–Crippen LogP) is -0.0437. The molecule has 0 aromatic carbocycles. The van der Waals surface area contributed by atoms with Gasteiger partial charge in [-0.25, -0.2) is 9.59 Å². The Kier molecular flexibility index (Phi) is 5.70. The Morgan fingerprint density at radius 1 is 1.23 bits per heavy atom. The Bertz CT molecular complexity index is 414. The molecule has 0 bridgehead atoms. The van der Waals surface area contributed by atoms with Crippen LogP contribution in [0.3, 0.4) is 0 Å². The van der Waals surface area contributed by atoms with Gasteiger partial charge >= 0.3 is 12.1 Å². The molecular formula is C13H24N6O3. The molecule has 2 heterocycles. The minimum absolute atomic E-state index is 0.117. The highest BCUT2D eigenvalue weighted by atomic mass is 16.4. The van der Waals surface area contributed by atoms with Gasteiger partial charge in [-0.2, -0.15) is 5.43 Å². The fourth-order valence-corrected chi connectivity index (χ4v) is 2.36. The Hall–Kier alpha value is -2.16. The number of carbonyl (C=O) groups is 2. The number of hydrazine groups is 1. The molecule has 124 valence electrons. The molecule has 0 unspecified atom stereocenters. The van der Waals surface area contributed by atoms with Gasteiger partial charge in [0, 0.05) is 45.1 Å². The first-order valence-electron chi connectivity index (χ1n) is 7.59. The number of carboxylic acid groups (broad SMARTS) is 1. The largest absolute Gasteiger partial charge is 0.465 e. The minimum atomic E-state index is -0.932. The molecule has 2 aliphatic rings. The second kappa shape index (κ2) is 7.74. The first kappa shape index (κ1) is 16.2. The van der Waals surface area contributed by atoms with E-state index in [4.69, 9.17) is 5.11 Å². The van der Waals surface area contributed by atoms with Gasteiger partial charge in [-0.1, -0.05) is 13.3 Å². The molecule has 4 N–H and O–H groups in total. The monoisotopic (exact) mass is 312 g/mol. The molecule has 9 nitrogen and oxygen atoms in total. The van der Waals surface area contributed by atoms with Crippen LogP contribution in [0.15, 0.2) is 12.4 Å². The molecule has 0 saturated carbocycles. The van der Waals surface area contributed by atoms with Crippen molar-refractivity contribution in [3.8, 4) is 0 Å². The van der Waals surface area contributed by atoms with Gasteiger partial charge in [0.05, 0.1) is 0 Å². The molecule has 3 amide bonds. The zero-order valence-corrected chi connectivity index (χ0v) is 12.8. The maximum atomic E-state index is 12.6. The summed E-state index contributed by atoms with van der Waals surface area (Å²) in [6, 6.07) is -0.117. The number of carbonyl (C=O) groups excluding carboxylic acids is 1. The smallest absolute Gasteiger partial charge is 0.407 e. The second-order valence-electron chi connectivity index (χ2n) is 5.27. The lowest BCUT2D eigenvalue weighted by Crippen LogP contribution is -2.61. The van der Waals surface area contributed by atoms with Gasteiger partial charge in [0.1, 0.15) is 0 Å². The minimum Gasteiger partial charge on any atom is -0.465 e. The summed E-state index contributed by atoms with van der Waals surface area (Å²) in [5, 5.41) is 16.6. The van der Waals surface area contributed by atoms with Gasteiger partial charge in [-0.3, -0.25) is 5.01 Å². The fourth-order valence-electron chi connectivity index (χ4n) is 2.36. The van der Waals surface area contributed by atoms with Crippen molar-refractivity contribution < 1.29 is 14.7 Å². The molecule has 1 saturated heterocycles. The van der Waals surface area contributed by atoms with Crippen molar-refractivity contribution >= 4 is 12.1 Å². The van der Waals surface area contributed by atoms with Crippen molar-refractivity contribution in [2.45, 2.75) is 26.1 Å². The molecule has 9 heteroatoms. The van der Waals surface area contributed by atoms with Gasteiger partial charge in [-0.05, 0) is 6.42 Å². The second-order valence-corrected chi connectivity index (χ2v) is 5.27. The molecule has 0 aromatic heterocycles. The molecule has 22 heavy (non-hydrogen) atoms. The highest BCUT2D eigenvalue weighted by molar-refractivity contribution is 5.74. The molecule has 2 rings (SSSR count). The quantitative estimate of drug-likeness (QED) is 0.531. The molecule has 0 spiro atoms. The molecule has 0 radical (unpaired) electrons.